The number of hydrogen-bond donors (Lipinski definition) is 1. The second kappa shape index (κ2) is 4.59. The lowest BCUT2D eigenvalue weighted by Crippen LogP contribution is -1.82. The van der Waals surface area contributed by atoms with Crippen molar-refractivity contribution >= 4 is 10.9 Å². The minimum atomic E-state index is 0.503. The van der Waals surface area contributed by atoms with Crippen LogP contribution in [0.4, 0.5) is 0 Å². The monoisotopic (exact) mass is 275 g/mol. The first-order valence-electron chi connectivity index (χ1n) is 6.78. The van der Waals surface area contributed by atoms with Crippen LogP contribution in [0.1, 0.15) is 5.56 Å². The van der Waals surface area contributed by atoms with Gasteiger partial charge in [0, 0.05) is 16.5 Å². The molecule has 2 heterocycles. The van der Waals surface area contributed by atoms with Gasteiger partial charge >= 0.3 is 0 Å². The lowest BCUT2D eigenvalue weighted by molar-refractivity contribution is 0.431. The summed E-state index contributed by atoms with van der Waals surface area (Å²) in [6.07, 6.45) is 0. The van der Waals surface area contributed by atoms with Gasteiger partial charge in [0.15, 0.2) is 0 Å². The summed E-state index contributed by atoms with van der Waals surface area (Å²) < 4.78 is 5.38. The van der Waals surface area contributed by atoms with E-state index in [1.54, 1.807) is 0 Å². The zero-order valence-corrected chi connectivity index (χ0v) is 11.5. The first-order valence-corrected chi connectivity index (χ1v) is 6.78. The van der Waals surface area contributed by atoms with Gasteiger partial charge < -0.3 is 9.51 Å². The summed E-state index contributed by atoms with van der Waals surface area (Å²) >= 11 is 0. The van der Waals surface area contributed by atoms with Crippen LogP contribution in [0.3, 0.4) is 0 Å². The van der Waals surface area contributed by atoms with Crippen LogP contribution < -0.4 is 0 Å². The lowest BCUT2D eigenvalue weighted by Gasteiger charge is -1.95. The molecule has 21 heavy (non-hydrogen) atoms. The number of aromatic amines is 1. The van der Waals surface area contributed by atoms with Gasteiger partial charge in [0.1, 0.15) is 5.69 Å². The molecule has 0 aliphatic carbocycles. The second-order valence-electron chi connectivity index (χ2n) is 5.06. The van der Waals surface area contributed by atoms with Crippen molar-refractivity contribution in [3.8, 4) is 23.0 Å². The standard InChI is InChI=1S/C17H13N3O/c1-11-5-4-7-13(9-11)16-19-17(21-20-16)15-10-12-6-2-3-8-14(12)18-15/h2-10,18H,1H3. The molecule has 0 radical (unpaired) electrons. The van der Waals surface area contributed by atoms with Crippen molar-refractivity contribution in [1.29, 1.82) is 0 Å². The van der Waals surface area contributed by atoms with Crippen molar-refractivity contribution in [2.24, 2.45) is 0 Å². The maximum atomic E-state index is 5.38. The van der Waals surface area contributed by atoms with Gasteiger partial charge in [-0.2, -0.15) is 4.98 Å². The Balaban J connectivity index is 1.77. The number of aryl methyl sites for hydroxylation is 1. The molecule has 0 atom stereocenters. The number of rotatable bonds is 2. The van der Waals surface area contributed by atoms with Crippen LogP contribution in [0.15, 0.2) is 59.1 Å². The normalized spacial score (nSPS) is 11.1. The van der Waals surface area contributed by atoms with Gasteiger partial charge in [0.25, 0.3) is 5.89 Å². The molecule has 2 aromatic heterocycles. The molecule has 4 aromatic rings. The summed E-state index contributed by atoms with van der Waals surface area (Å²) in [6.45, 7) is 2.04. The molecule has 4 rings (SSSR count). The quantitative estimate of drug-likeness (QED) is 0.596. The summed E-state index contributed by atoms with van der Waals surface area (Å²) in [5.41, 5.74) is 4.02. The highest BCUT2D eigenvalue weighted by Crippen LogP contribution is 2.25. The van der Waals surface area contributed by atoms with Crippen LogP contribution in [0.2, 0.25) is 0 Å². The van der Waals surface area contributed by atoms with Crippen LogP contribution >= 0.6 is 0 Å². The summed E-state index contributed by atoms with van der Waals surface area (Å²) in [7, 11) is 0. The Morgan fingerprint density at radius 1 is 1.00 bits per heavy atom. The van der Waals surface area contributed by atoms with Crippen molar-refractivity contribution in [3.63, 3.8) is 0 Å². The fourth-order valence-electron chi connectivity index (χ4n) is 2.42. The molecule has 0 bridgehead atoms. The molecule has 2 aromatic carbocycles. The molecule has 0 saturated heterocycles. The van der Waals surface area contributed by atoms with Crippen LogP contribution in [0, 0.1) is 6.92 Å². The summed E-state index contributed by atoms with van der Waals surface area (Å²) in [6, 6.07) is 18.1. The minimum absolute atomic E-state index is 0.503. The molecule has 4 nitrogen and oxygen atoms in total. The van der Waals surface area contributed by atoms with Gasteiger partial charge in [-0.15, -0.1) is 0 Å². The van der Waals surface area contributed by atoms with E-state index in [9.17, 15) is 0 Å². The van der Waals surface area contributed by atoms with Crippen LogP contribution in [-0.2, 0) is 0 Å². The van der Waals surface area contributed by atoms with Gasteiger partial charge in [-0.05, 0) is 25.1 Å². The SMILES string of the molecule is Cc1cccc(-c2noc(-c3cc4ccccc4[nH]3)n2)c1. The van der Waals surface area contributed by atoms with E-state index in [0.717, 1.165) is 22.2 Å². The largest absolute Gasteiger partial charge is 0.351 e. The Labute approximate surface area is 121 Å². The predicted octanol–water partition coefficient (Wildman–Crippen LogP) is 4.19. The van der Waals surface area contributed by atoms with Gasteiger partial charge in [0.2, 0.25) is 5.82 Å². The fourth-order valence-corrected chi connectivity index (χ4v) is 2.42. The number of hydrogen-bond acceptors (Lipinski definition) is 3. The molecule has 0 saturated carbocycles. The number of nitrogens with one attached hydrogen (secondary N) is 1. The van der Waals surface area contributed by atoms with E-state index in [1.807, 2.05) is 61.5 Å². The van der Waals surface area contributed by atoms with Gasteiger partial charge in [-0.25, -0.2) is 0 Å². The second-order valence-corrected chi connectivity index (χ2v) is 5.06. The highest BCUT2D eigenvalue weighted by atomic mass is 16.5. The molecule has 0 fully saturated rings. The smallest absolute Gasteiger partial charge is 0.274 e. The highest BCUT2D eigenvalue weighted by Gasteiger charge is 2.12. The third-order valence-electron chi connectivity index (χ3n) is 3.46. The topological polar surface area (TPSA) is 54.7 Å². The zero-order valence-electron chi connectivity index (χ0n) is 11.5. The molecule has 0 aliphatic heterocycles. The number of H-pyrrole nitrogens is 1. The molecular weight excluding hydrogens is 262 g/mol. The van der Waals surface area contributed by atoms with E-state index < -0.39 is 0 Å². The molecule has 102 valence electrons. The maximum absolute atomic E-state index is 5.38. The lowest BCUT2D eigenvalue weighted by atomic mass is 10.1. The van der Waals surface area contributed by atoms with Crippen LogP contribution in [0.25, 0.3) is 33.9 Å². The van der Waals surface area contributed by atoms with E-state index in [-0.39, 0.29) is 0 Å². The Morgan fingerprint density at radius 3 is 2.76 bits per heavy atom. The zero-order chi connectivity index (χ0) is 14.2. The number of nitrogens with zero attached hydrogens (tertiary/aromatic N) is 2. The third kappa shape index (κ3) is 2.10. The molecule has 0 unspecified atom stereocenters. The van der Waals surface area contributed by atoms with Crippen molar-refractivity contribution in [2.45, 2.75) is 6.92 Å². The Hall–Kier alpha value is -2.88. The molecule has 1 N–H and O–H groups in total. The van der Waals surface area contributed by atoms with Gasteiger partial charge in [0.05, 0.1) is 0 Å². The van der Waals surface area contributed by atoms with Crippen molar-refractivity contribution in [1.82, 2.24) is 15.1 Å². The van der Waals surface area contributed by atoms with Crippen molar-refractivity contribution in [3.05, 3.63) is 60.2 Å². The Bertz CT molecular complexity index is 887. The first kappa shape index (κ1) is 11.9. The van der Waals surface area contributed by atoms with E-state index in [2.05, 4.69) is 15.1 Å². The van der Waals surface area contributed by atoms with E-state index in [0.29, 0.717) is 11.7 Å². The number of fused-ring (bicyclic) bond motifs is 1. The van der Waals surface area contributed by atoms with E-state index in [4.69, 9.17) is 4.52 Å². The van der Waals surface area contributed by atoms with Crippen molar-refractivity contribution < 1.29 is 4.52 Å². The number of aromatic nitrogens is 3. The fraction of sp³-hybridized carbons (Fsp3) is 0.0588. The average Bonchev–Trinajstić information content (AvgIpc) is 3.14. The third-order valence-corrected chi connectivity index (χ3v) is 3.46. The van der Waals surface area contributed by atoms with Gasteiger partial charge in [-0.1, -0.05) is 47.1 Å². The molecule has 0 aliphatic rings. The number of benzene rings is 2. The summed E-state index contributed by atoms with van der Waals surface area (Å²) in [5, 5.41) is 5.20. The molecule has 0 spiro atoms. The Morgan fingerprint density at radius 2 is 1.90 bits per heavy atom. The van der Waals surface area contributed by atoms with E-state index >= 15 is 0 Å². The molecular formula is C17H13N3O. The van der Waals surface area contributed by atoms with Crippen LogP contribution in [-0.4, -0.2) is 15.1 Å². The Kier molecular flexibility index (Phi) is 2.60. The number of para-hydroxylation sites is 1. The van der Waals surface area contributed by atoms with E-state index in [1.165, 1.54) is 5.56 Å². The highest BCUT2D eigenvalue weighted by molar-refractivity contribution is 5.84. The summed E-state index contributed by atoms with van der Waals surface area (Å²) in [4.78, 5) is 7.77. The minimum Gasteiger partial charge on any atom is -0.351 e. The first-order chi connectivity index (χ1) is 10.3. The molecule has 0 amide bonds. The van der Waals surface area contributed by atoms with Crippen molar-refractivity contribution in [2.75, 3.05) is 0 Å². The summed E-state index contributed by atoms with van der Waals surface area (Å²) in [5.74, 6) is 1.11. The van der Waals surface area contributed by atoms with Crippen LogP contribution in [0.5, 0.6) is 0 Å². The predicted molar refractivity (Wildman–Crippen MR) is 81.8 cm³/mol. The van der Waals surface area contributed by atoms with Gasteiger partial charge in [-0.3, -0.25) is 0 Å². The average molecular weight is 275 g/mol. The molecule has 4 heteroatoms. The maximum Gasteiger partial charge on any atom is 0.274 e.